The zero-order valence-corrected chi connectivity index (χ0v) is 15.9. The maximum atomic E-state index is 12.4. The summed E-state index contributed by atoms with van der Waals surface area (Å²) < 4.78 is 0. The fourth-order valence-electron chi connectivity index (χ4n) is 2.65. The molecule has 0 radical (unpaired) electrons. The van der Waals surface area contributed by atoms with E-state index in [1.165, 1.54) is 5.56 Å². The molecule has 1 aliphatic rings. The van der Waals surface area contributed by atoms with Gasteiger partial charge in [0.25, 0.3) is 5.91 Å². The van der Waals surface area contributed by atoms with Crippen molar-refractivity contribution in [1.29, 1.82) is 0 Å². The molecule has 0 unspecified atom stereocenters. The Morgan fingerprint density at radius 2 is 1.65 bits per heavy atom. The number of anilines is 1. The van der Waals surface area contributed by atoms with E-state index in [1.807, 2.05) is 50.2 Å². The largest absolute Gasteiger partial charge is 0.322 e. The molecule has 136 valence electrons. The topological polar surface area (TPSA) is 62.7 Å². The fraction of sp³-hybridized carbons (Fsp3) is 0.333. The van der Waals surface area contributed by atoms with Crippen LogP contribution >= 0.6 is 0 Å². The number of nitrogens with one attached hydrogen (secondary N) is 2. The summed E-state index contributed by atoms with van der Waals surface area (Å²) in [5.74, 6) is 0.526. The number of hydroxylamine groups is 1. The average molecular weight is 351 g/mol. The molecule has 0 spiro atoms. The highest BCUT2D eigenvalue weighted by Crippen LogP contribution is 2.24. The highest BCUT2D eigenvalue weighted by atomic mass is 16.7. The summed E-state index contributed by atoms with van der Waals surface area (Å²) in [7, 11) is 0. The molecule has 0 bridgehead atoms. The first-order chi connectivity index (χ1) is 12.1. The first-order valence-corrected chi connectivity index (χ1v) is 8.70. The zero-order valence-electron chi connectivity index (χ0n) is 15.9. The molecule has 5 nitrogen and oxygen atoms in total. The summed E-state index contributed by atoms with van der Waals surface area (Å²) in [6.45, 7) is 10.2. The normalized spacial score (nSPS) is 16.0. The lowest BCUT2D eigenvalue weighted by molar-refractivity contribution is -0.0269. The van der Waals surface area contributed by atoms with Gasteiger partial charge in [-0.05, 0) is 49.1 Å². The van der Waals surface area contributed by atoms with Crippen molar-refractivity contribution in [3.8, 4) is 0 Å². The molecule has 2 aromatic rings. The van der Waals surface area contributed by atoms with Crippen LogP contribution in [0.15, 0.2) is 53.5 Å². The van der Waals surface area contributed by atoms with Gasteiger partial charge in [-0.2, -0.15) is 0 Å². The molecule has 0 fully saturated rings. The molecule has 0 saturated carbocycles. The average Bonchev–Trinajstić information content (AvgIpc) is 2.94. The molecule has 0 saturated heterocycles. The van der Waals surface area contributed by atoms with Gasteiger partial charge in [-0.25, -0.2) is 15.3 Å². The molecule has 5 heteroatoms. The molecule has 2 aromatic carbocycles. The molecular formula is C21H25N3O2. The van der Waals surface area contributed by atoms with E-state index in [2.05, 4.69) is 36.6 Å². The highest BCUT2D eigenvalue weighted by Gasteiger charge is 2.26. The quantitative estimate of drug-likeness (QED) is 0.869. The number of carbonyl (C=O) groups is 1. The van der Waals surface area contributed by atoms with Crippen molar-refractivity contribution in [2.75, 3.05) is 5.32 Å². The summed E-state index contributed by atoms with van der Waals surface area (Å²) in [5, 5.41) is 2.93. The smallest absolute Gasteiger partial charge is 0.255 e. The Kier molecular flexibility index (Phi) is 4.59. The van der Waals surface area contributed by atoms with Crippen LogP contribution in [0.1, 0.15) is 56.1 Å². The third-order valence-electron chi connectivity index (χ3n) is 4.21. The molecule has 0 aromatic heterocycles. The van der Waals surface area contributed by atoms with E-state index in [1.54, 1.807) is 12.1 Å². The first-order valence-electron chi connectivity index (χ1n) is 8.70. The number of hydrogen-bond acceptors (Lipinski definition) is 4. The van der Waals surface area contributed by atoms with E-state index in [4.69, 9.17) is 4.84 Å². The minimum absolute atomic E-state index is 0.0909. The van der Waals surface area contributed by atoms with Crippen molar-refractivity contribution in [2.24, 2.45) is 4.99 Å². The molecule has 1 amide bonds. The van der Waals surface area contributed by atoms with Crippen LogP contribution in [0.5, 0.6) is 0 Å². The predicted octanol–water partition coefficient (Wildman–Crippen LogP) is 4.25. The first kappa shape index (κ1) is 18.1. The third-order valence-corrected chi connectivity index (χ3v) is 4.21. The number of nitrogens with zero attached hydrogens (tertiary/aromatic N) is 1. The number of aliphatic imine (C=N–C) groups is 1. The second-order valence-electron chi connectivity index (χ2n) is 7.97. The predicted molar refractivity (Wildman–Crippen MR) is 104 cm³/mol. The Morgan fingerprint density at radius 3 is 2.15 bits per heavy atom. The summed E-state index contributed by atoms with van der Waals surface area (Å²) in [5.41, 5.74) is 5.81. The highest BCUT2D eigenvalue weighted by molar-refractivity contribution is 6.05. The Bertz CT molecular complexity index is 829. The molecule has 0 atom stereocenters. The van der Waals surface area contributed by atoms with Crippen LogP contribution in [0.3, 0.4) is 0 Å². The molecule has 1 aliphatic heterocycles. The van der Waals surface area contributed by atoms with E-state index in [0.717, 1.165) is 11.3 Å². The molecular weight excluding hydrogens is 326 g/mol. The van der Waals surface area contributed by atoms with Crippen molar-refractivity contribution in [3.63, 3.8) is 0 Å². The molecule has 26 heavy (non-hydrogen) atoms. The van der Waals surface area contributed by atoms with Crippen LogP contribution in [0.25, 0.3) is 0 Å². The monoisotopic (exact) mass is 351 g/mol. The van der Waals surface area contributed by atoms with Crippen molar-refractivity contribution in [2.45, 2.75) is 45.8 Å². The number of benzene rings is 2. The summed E-state index contributed by atoms with van der Waals surface area (Å²) in [6, 6.07) is 15.2. The summed E-state index contributed by atoms with van der Waals surface area (Å²) >= 11 is 0. The Hall–Kier alpha value is -2.66. The van der Waals surface area contributed by atoms with Crippen molar-refractivity contribution >= 4 is 17.4 Å². The van der Waals surface area contributed by atoms with Crippen LogP contribution in [0, 0.1) is 0 Å². The van der Waals surface area contributed by atoms with Gasteiger partial charge in [0.2, 0.25) is 0 Å². The standard InChI is InChI=1S/C21H25N3O2/c1-20(2,3)16-10-12-17(13-11-16)22-19(25)15-8-6-14(7-9-15)18-23-21(4,5)26-24-18/h6-13H,1-5H3,(H,22,25)(H,23,24). The maximum Gasteiger partial charge on any atom is 0.255 e. The maximum absolute atomic E-state index is 12.4. The van der Waals surface area contributed by atoms with E-state index in [9.17, 15) is 4.79 Å². The van der Waals surface area contributed by atoms with Gasteiger partial charge in [0.1, 0.15) is 0 Å². The van der Waals surface area contributed by atoms with Crippen LogP contribution in [0.2, 0.25) is 0 Å². The second-order valence-corrected chi connectivity index (χ2v) is 7.97. The van der Waals surface area contributed by atoms with Gasteiger partial charge in [0.15, 0.2) is 11.6 Å². The Labute approximate surface area is 154 Å². The Morgan fingerprint density at radius 1 is 1.04 bits per heavy atom. The van der Waals surface area contributed by atoms with E-state index >= 15 is 0 Å². The SMILES string of the molecule is CC1(C)N=C(c2ccc(C(=O)Nc3ccc(C(C)(C)C)cc3)cc2)NO1. The van der Waals surface area contributed by atoms with Crippen LogP contribution in [-0.2, 0) is 10.3 Å². The number of amidine groups is 1. The van der Waals surface area contributed by atoms with Gasteiger partial charge in [-0.1, -0.05) is 45.0 Å². The Balaban J connectivity index is 1.69. The summed E-state index contributed by atoms with van der Waals surface area (Å²) in [6.07, 6.45) is 0. The van der Waals surface area contributed by atoms with Crippen LogP contribution < -0.4 is 10.8 Å². The third kappa shape index (κ3) is 4.11. The van der Waals surface area contributed by atoms with Crippen molar-refractivity contribution < 1.29 is 9.63 Å². The van der Waals surface area contributed by atoms with E-state index in [0.29, 0.717) is 11.4 Å². The van der Waals surface area contributed by atoms with Crippen LogP contribution in [-0.4, -0.2) is 17.5 Å². The van der Waals surface area contributed by atoms with E-state index in [-0.39, 0.29) is 11.3 Å². The lowest BCUT2D eigenvalue weighted by atomic mass is 9.87. The van der Waals surface area contributed by atoms with Crippen molar-refractivity contribution in [1.82, 2.24) is 5.48 Å². The lowest BCUT2D eigenvalue weighted by Crippen LogP contribution is -2.23. The van der Waals surface area contributed by atoms with Gasteiger partial charge in [-0.15, -0.1) is 0 Å². The number of hydrogen-bond donors (Lipinski definition) is 2. The van der Waals surface area contributed by atoms with Gasteiger partial charge >= 0.3 is 0 Å². The molecule has 0 aliphatic carbocycles. The molecule has 2 N–H and O–H groups in total. The minimum Gasteiger partial charge on any atom is -0.322 e. The molecule has 3 rings (SSSR count). The van der Waals surface area contributed by atoms with Gasteiger partial charge in [-0.3, -0.25) is 4.79 Å². The minimum atomic E-state index is -0.579. The van der Waals surface area contributed by atoms with Gasteiger partial charge < -0.3 is 5.32 Å². The molecule has 1 heterocycles. The fourth-order valence-corrected chi connectivity index (χ4v) is 2.65. The summed E-state index contributed by atoms with van der Waals surface area (Å²) in [4.78, 5) is 22.3. The number of amides is 1. The number of carbonyl (C=O) groups excluding carboxylic acids is 1. The number of rotatable bonds is 3. The van der Waals surface area contributed by atoms with Gasteiger partial charge in [0.05, 0.1) is 0 Å². The van der Waals surface area contributed by atoms with Gasteiger partial charge in [0, 0.05) is 16.8 Å². The lowest BCUT2D eigenvalue weighted by Gasteiger charge is -2.19. The van der Waals surface area contributed by atoms with E-state index < -0.39 is 5.72 Å². The zero-order chi connectivity index (χ0) is 18.9. The van der Waals surface area contributed by atoms with Crippen molar-refractivity contribution in [3.05, 3.63) is 65.2 Å². The van der Waals surface area contributed by atoms with Crippen LogP contribution in [0.4, 0.5) is 5.69 Å². The second kappa shape index (κ2) is 6.57.